The number of hydrogen-bond donors (Lipinski definition) is 3. The average Bonchev–Trinajstić information content (AvgIpc) is 3.16. The van der Waals surface area contributed by atoms with Gasteiger partial charge in [-0.05, 0) is 24.6 Å². The van der Waals surface area contributed by atoms with Gasteiger partial charge in [0.15, 0.2) is 0 Å². The molecule has 3 aromatic heterocycles. The first-order valence-corrected chi connectivity index (χ1v) is 9.96. The number of halogens is 3. The van der Waals surface area contributed by atoms with Crippen molar-refractivity contribution in [1.82, 2.24) is 19.9 Å². The molecule has 4 heterocycles. The van der Waals surface area contributed by atoms with Crippen LogP contribution in [0, 0.1) is 0 Å². The Kier molecular flexibility index (Phi) is 5.49. The molecule has 0 spiro atoms. The lowest BCUT2D eigenvalue weighted by molar-refractivity contribution is -0.137. The van der Waals surface area contributed by atoms with Crippen molar-refractivity contribution in [1.29, 1.82) is 0 Å². The van der Waals surface area contributed by atoms with Crippen LogP contribution in [0.3, 0.4) is 0 Å². The van der Waals surface area contributed by atoms with Crippen LogP contribution in [0.2, 0.25) is 0 Å². The molecule has 0 aliphatic carbocycles. The molecule has 0 saturated heterocycles. The summed E-state index contributed by atoms with van der Waals surface area (Å²) in [7, 11) is 3.68. The van der Waals surface area contributed by atoms with Crippen LogP contribution in [0.4, 0.5) is 36.4 Å². The summed E-state index contributed by atoms with van der Waals surface area (Å²) in [6, 6.07) is 4.55. The Labute approximate surface area is 183 Å². The maximum Gasteiger partial charge on any atom is 0.417 e. The highest BCUT2D eigenvalue weighted by atomic mass is 19.4. The lowest BCUT2D eigenvalue weighted by atomic mass is 9.96. The van der Waals surface area contributed by atoms with Crippen molar-refractivity contribution in [3.8, 4) is 0 Å². The predicted octanol–water partition coefficient (Wildman–Crippen LogP) is 3.66. The van der Waals surface area contributed by atoms with Gasteiger partial charge in [-0.15, -0.1) is 0 Å². The molecule has 0 bridgehead atoms. The van der Waals surface area contributed by atoms with Gasteiger partial charge < -0.3 is 21.3 Å². The summed E-state index contributed by atoms with van der Waals surface area (Å²) in [5, 5.41) is 6.32. The number of aromatic nitrogens is 4. The molecule has 4 rings (SSSR count). The van der Waals surface area contributed by atoms with Crippen LogP contribution in [-0.2, 0) is 6.18 Å². The zero-order chi connectivity index (χ0) is 23.0. The summed E-state index contributed by atoms with van der Waals surface area (Å²) >= 11 is 0. The minimum absolute atomic E-state index is 0.159. The Morgan fingerprint density at radius 1 is 1.16 bits per heavy atom. The molecule has 2 unspecified atom stereocenters. The first kappa shape index (κ1) is 21.6. The molecule has 0 radical (unpaired) electrons. The van der Waals surface area contributed by atoms with E-state index in [0.717, 1.165) is 23.5 Å². The van der Waals surface area contributed by atoms with Crippen molar-refractivity contribution in [2.45, 2.75) is 25.1 Å². The predicted molar refractivity (Wildman–Crippen MR) is 117 cm³/mol. The Bertz CT molecular complexity index is 1120. The van der Waals surface area contributed by atoms with Crippen LogP contribution in [-0.4, -0.2) is 40.6 Å². The summed E-state index contributed by atoms with van der Waals surface area (Å²) in [4.78, 5) is 19.0. The maximum absolute atomic E-state index is 13.3. The van der Waals surface area contributed by atoms with Crippen molar-refractivity contribution in [2.75, 3.05) is 41.9 Å². The minimum Gasteiger partial charge on any atom is -0.384 e. The van der Waals surface area contributed by atoms with E-state index < -0.39 is 17.7 Å². The third kappa shape index (κ3) is 4.23. The van der Waals surface area contributed by atoms with Crippen LogP contribution in [0.25, 0.3) is 0 Å². The lowest BCUT2D eigenvalue weighted by Gasteiger charge is -2.22. The third-order valence-electron chi connectivity index (χ3n) is 5.36. The first-order chi connectivity index (χ1) is 15.1. The van der Waals surface area contributed by atoms with Gasteiger partial charge in [0.05, 0.1) is 29.2 Å². The molecule has 3 aromatic rings. The Morgan fingerprint density at radius 3 is 2.59 bits per heavy atom. The molecule has 2 atom stereocenters. The molecular weight excluding hydrogens is 421 g/mol. The number of nitrogens with one attached hydrogen (secondary N) is 2. The van der Waals surface area contributed by atoms with Gasteiger partial charge in [-0.2, -0.15) is 13.2 Å². The highest BCUT2D eigenvalue weighted by molar-refractivity contribution is 5.62. The Morgan fingerprint density at radius 2 is 1.94 bits per heavy atom. The van der Waals surface area contributed by atoms with Crippen LogP contribution >= 0.6 is 0 Å². The molecule has 32 heavy (non-hydrogen) atoms. The van der Waals surface area contributed by atoms with Gasteiger partial charge in [0.2, 0.25) is 5.95 Å². The van der Waals surface area contributed by atoms with E-state index in [2.05, 4.69) is 25.6 Å². The van der Waals surface area contributed by atoms with Gasteiger partial charge in [-0.3, -0.25) is 0 Å². The number of nitrogens with zero attached hydrogens (tertiary/aromatic N) is 5. The molecule has 11 heteroatoms. The second kappa shape index (κ2) is 8.13. The van der Waals surface area contributed by atoms with Crippen LogP contribution in [0.1, 0.15) is 41.3 Å². The zero-order valence-corrected chi connectivity index (χ0v) is 17.8. The molecule has 0 fully saturated rings. The number of alkyl halides is 3. The quantitative estimate of drug-likeness (QED) is 0.548. The van der Waals surface area contributed by atoms with Crippen molar-refractivity contribution in [2.24, 2.45) is 0 Å². The fourth-order valence-electron chi connectivity index (χ4n) is 3.61. The summed E-state index contributed by atoms with van der Waals surface area (Å²) in [6.07, 6.45) is -0.294. The number of pyridine rings is 2. The van der Waals surface area contributed by atoms with Crippen molar-refractivity contribution in [3.63, 3.8) is 0 Å². The van der Waals surface area contributed by atoms with E-state index >= 15 is 0 Å². The Hall–Kier alpha value is -3.63. The van der Waals surface area contributed by atoms with E-state index in [1.54, 1.807) is 18.5 Å². The van der Waals surface area contributed by atoms with Crippen molar-refractivity contribution < 1.29 is 13.2 Å². The Balaban J connectivity index is 1.69. The molecule has 4 N–H and O–H groups in total. The highest BCUT2D eigenvalue weighted by Crippen LogP contribution is 2.40. The molecule has 0 saturated carbocycles. The second-order valence-electron chi connectivity index (χ2n) is 7.83. The van der Waals surface area contributed by atoms with E-state index in [9.17, 15) is 13.2 Å². The zero-order valence-electron chi connectivity index (χ0n) is 17.8. The minimum atomic E-state index is -4.47. The van der Waals surface area contributed by atoms with Gasteiger partial charge in [-0.1, -0.05) is 6.07 Å². The maximum atomic E-state index is 13.3. The summed E-state index contributed by atoms with van der Waals surface area (Å²) in [5.74, 6) is 0.814. The van der Waals surface area contributed by atoms with E-state index in [-0.39, 0.29) is 6.04 Å². The molecule has 1 aliphatic rings. The number of nitrogens with two attached hydrogens (primary N) is 1. The SMILES string of the molecule is CC(Nc1ncc(N(C)C)c(C2CNc3ncc(C(F)(F)F)cc32)n1)c1ccc(N)nc1. The molecule has 0 amide bonds. The van der Waals surface area contributed by atoms with E-state index in [1.807, 2.05) is 32.0 Å². The monoisotopic (exact) mass is 444 g/mol. The second-order valence-corrected chi connectivity index (χ2v) is 7.83. The number of hydrogen-bond acceptors (Lipinski definition) is 8. The third-order valence-corrected chi connectivity index (χ3v) is 5.36. The fraction of sp³-hybridized carbons (Fsp3) is 0.333. The van der Waals surface area contributed by atoms with Crippen molar-refractivity contribution in [3.05, 3.63) is 59.2 Å². The average molecular weight is 444 g/mol. The standard InChI is InChI=1S/C21H23F3N8/c1-11(12-4-5-17(25)26-7-12)30-20-29-10-16(32(2)3)18(31-20)15-9-28-19-14(15)6-13(8-27-19)21(22,23)24/h4-8,10-11,15H,9H2,1-3H3,(H2,25,26)(H,27,28)(H,29,30,31). The van der Waals surface area contributed by atoms with Crippen LogP contribution < -0.4 is 21.3 Å². The molecule has 1 aliphatic heterocycles. The normalized spacial score (nSPS) is 16.2. The van der Waals surface area contributed by atoms with E-state index in [4.69, 9.17) is 10.7 Å². The molecule has 8 nitrogen and oxygen atoms in total. The number of fused-ring (bicyclic) bond motifs is 1. The van der Waals surface area contributed by atoms with E-state index in [1.165, 1.54) is 0 Å². The summed E-state index contributed by atoms with van der Waals surface area (Å²) in [6.45, 7) is 2.32. The molecule has 168 valence electrons. The van der Waals surface area contributed by atoms with Gasteiger partial charge in [0, 0.05) is 44.5 Å². The van der Waals surface area contributed by atoms with Gasteiger partial charge in [0.1, 0.15) is 11.6 Å². The topological polar surface area (TPSA) is 105 Å². The van der Waals surface area contributed by atoms with Gasteiger partial charge in [-0.25, -0.2) is 19.9 Å². The summed E-state index contributed by atoms with van der Waals surface area (Å²) in [5.41, 5.74) is 7.55. The van der Waals surface area contributed by atoms with Gasteiger partial charge >= 0.3 is 6.18 Å². The largest absolute Gasteiger partial charge is 0.417 e. The highest BCUT2D eigenvalue weighted by Gasteiger charge is 2.35. The summed E-state index contributed by atoms with van der Waals surface area (Å²) < 4.78 is 39.8. The number of rotatable bonds is 5. The number of anilines is 4. The lowest BCUT2D eigenvalue weighted by Crippen LogP contribution is -2.19. The fourth-order valence-corrected chi connectivity index (χ4v) is 3.61. The first-order valence-electron chi connectivity index (χ1n) is 9.96. The smallest absolute Gasteiger partial charge is 0.384 e. The van der Waals surface area contributed by atoms with Crippen molar-refractivity contribution >= 4 is 23.3 Å². The van der Waals surface area contributed by atoms with Crippen LogP contribution in [0.15, 0.2) is 36.8 Å². The van der Waals surface area contributed by atoms with Gasteiger partial charge in [0.25, 0.3) is 0 Å². The molecule has 0 aromatic carbocycles. The van der Waals surface area contributed by atoms with Crippen LogP contribution in [0.5, 0.6) is 0 Å². The van der Waals surface area contributed by atoms with E-state index in [0.29, 0.717) is 35.4 Å². The number of nitrogen functional groups attached to an aromatic ring is 1. The molecular formula is C21H23F3N8.